The van der Waals surface area contributed by atoms with Gasteiger partial charge in [0, 0.05) is 41.7 Å². The number of unbranched alkanes of at least 4 members (excludes halogenated alkanes) is 6. The van der Waals surface area contributed by atoms with E-state index in [1.807, 2.05) is 13.8 Å². The van der Waals surface area contributed by atoms with Gasteiger partial charge in [-0.15, -0.1) is 0 Å². The summed E-state index contributed by atoms with van der Waals surface area (Å²) in [6, 6.07) is -0.647. The second-order valence-corrected chi connectivity index (χ2v) is 11.9. The molecular formula is C23H53NO6Si2. The second-order valence-electron chi connectivity index (χ2n) is 9.22. The highest BCUT2D eigenvalue weighted by atomic mass is 28.2. The fraction of sp³-hybridized carbons (Fsp3) is 1.00. The zero-order valence-electron chi connectivity index (χ0n) is 22.7. The molecule has 7 nitrogen and oxygen atoms in total. The smallest absolute Gasteiger partial charge is 0.170 e. The molecule has 0 aliphatic rings. The van der Waals surface area contributed by atoms with Gasteiger partial charge in [-0.05, 0) is 26.7 Å². The van der Waals surface area contributed by atoms with E-state index in [1.165, 1.54) is 25.7 Å². The van der Waals surface area contributed by atoms with Crippen LogP contribution in [-0.4, -0.2) is 90.2 Å². The van der Waals surface area contributed by atoms with Crippen LogP contribution < -0.4 is 5.73 Å². The molecule has 0 amide bonds. The molecule has 2 N–H and O–H groups in total. The Labute approximate surface area is 203 Å². The van der Waals surface area contributed by atoms with Crippen molar-refractivity contribution in [2.75, 3.05) is 41.7 Å². The van der Waals surface area contributed by atoms with Crippen LogP contribution >= 0.6 is 0 Å². The van der Waals surface area contributed by atoms with Crippen LogP contribution in [0.5, 0.6) is 0 Å². The van der Waals surface area contributed by atoms with Crippen molar-refractivity contribution >= 4 is 20.5 Å². The SMILES string of the molecule is CCCCCCOC([SiH3])(OC)C(C)(OC)C(N)C(C)(OC)C([SiH3])(OC)OCCCCCC. The molecule has 0 rings (SSSR count). The van der Waals surface area contributed by atoms with Crippen LogP contribution in [0.25, 0.3) is 0 Å². The van der Waals surface area contributed by atoms with Crippen LogP contribution in [0.4, 0.5) is 0 Å². The van der Waals surface area contributed by atoms with Gasteiger partial charge in [0.2, 0.25) is 0 Å². The first-order chi connectivity index (χ1) is 15.0. The summed E-state index contributed by atoms with van der Waals surface area (Å²) in [5.41, 5.74) is 3.08. The molecule has 0 aliphatic heterocycles. The first-order valence-corrected chi connectivity index (χ1v) is 14.3. The third-order valence-electron chi connectivity index (χ3n) is 7.37. The quantitative estimate of drug-likeness (QED) is 0.156. The highest BCUT2D eigenvalue weighted by Gasteiger charge is 2.62. The molecule has 0 saturated heterocycles. The standard InChI is InChI=1S/C23H53NO6Si2/c1-9-11-13-15-17-29-22(31,27-7)20(3,25-5)19(24)21(4,26-6)23(32,28-8)30-18-16-14-12-10-2/h19H,9-18,24H2,1-8,31-32H3. The summed E-state index contributed by atoms with van der Waals surface area (Å²) in [4.78, 5) is 0. The molecule has 0 aromatic heterocycles. The van der Waals surface area contributed by atoms with E-state index >= 15 is 0 Å². The van der Waals surface area contributed by atoms with E-state index in [0.717, 1.165) is 25.7 Å². The fourth-order valence-corrected chi connectivity index (χ4v) is 5.56. The Morgan fingerprint density at radius 3 is 1.22 bits per heavy atom. The van der Waals surface area contributed by atoms with Gasteiger partial charge >= 0.3 is 0 Å². The molecule has 0 heterocycles. The summed E-state index contributed by atoms with van der Waals surface area (Å²) in [6.45, 7) is 9.46. The molecule has 194 valence electrons. The minimum Gasteiger partial charge on any atom is -0.372 e. The number of rotatable bonds is 20. The Balaban J connectivity index is 5.75. The molecule has 4 unspecified atom stereocenters. The predicted molar refractivity (Wildman–Crippen MR) is 138 cm³/mol. The number of hydrogen-bond acceptors (Lipinski definition) is 7. The van der Waals surface area contributed by atoms with E-state index < -0.39 is 28.1 Å². The maximum atomic E-state index is 6.95. The van der Waals surface area contributed by atoms with Crippen LogP contribution in [0.3, 0.4) is 0 Å². The Morgan fingerprint density at radius 2 is 0.969 bits per heavy atom. The second kappa shape index (κ2) is 15.2. The molecule has 0 aliphatic carbocycles. The average Bonchev–Trinajstić information content (AvgIpc) is 2.81. The van der Waals surface area contributed by atoms with E-state index in [4.69, 9.17) is 34.2 Å². The molecule has 32 heavy (non-hydrogen) atoms. The number of methoxy groups -OCH3 is 4. The molecule has 0 aromatic rings. The van der Waals surface area contributed by atoms with Gasteiger partial charge in [-0.1, -0.05) is 52.4 Å². The van der Waals surface area contributed by atoms with Crippen molar-refractivity contribution in [3.05, 3.63) is 0 Å². The summed E-state index contributed by atoms with van der Waals surface area (Å²) in [5.74, 6) is 0. The number of ether oxygens (including phenoxy) is 6. The Hall–Kier alpha value is 0.154. The van der Waals surface area contributed by atoms with Gasteiger partial charge in [0.15, 0.2) is 10.8 Å². The van der Waals surface area contributed by atoms with Gasteiger partial charge in [0.05, 0.1) is 26.5 Å². The van der Waals surface area contributed by atoms with Crippen LogP contribution in [0.15, 0.2) is 0 Å². The van der Waals surface area contributed by atoms with Crippen LogP contribution in [0, 0.1) is 0 Å². The van der Waals surface area contributed by atoms with E-state index in [-0.39, 0.29) is 0 Å². The van der Waals surface area contributed by atoms with Crippen molar-refractivity contribution in [1.82, 2.24) is 0 Å². The molecule has 0 spiro atoms. The zero-order chi connectivity index (χ0) is 24.9. The lowest BCUT2D eigenvalue weighted by molar-refractivity contribution is -0.317. The Bertz CT molecular complexity index is 463. The van der Waals surface area contributed by atoms with Gasteiger partial charge in [-0.2, -0.15) is 0 Å². The molecule has 4 atom stereocenters. The van der Waals surface area contributed by atoms with Crippen LogP contribution in [0.2, 0.25) is 0 Å². The Morgan fingerprint density at radius 1 is 0.625 bits per heavy atom. The van der Waals surface area contributed by atoms with Gasteiger partial charge in [-0.3, -0.25) is 0 Å². The van der Waals surface area contributed by atoms with Gasteiger partial charge < -0.3 is 34.2 Å². The predicted octanol–water partition coefficient (Wildman–Crippen LogP) is 1.65. The normalized spacial score (nSPS) is 20.9. The molecule has 0 saturated carbocycles. The minimum absolute atomic E-state index is 0.557. The lowest BCUT2D eigenvalue weighted by atomic mass is 9.81. The average molecular weight is 496 g/mol. The summed E-state index contributed by atoms with van der Waals surface area (Å²) in [5, 5.41) is 0. The maximum absolute atomic E-state index is 6.95. The maximum Gasteiger partial charge on any atom is 0.170 e. The van der Waals surface area contributed by atoms with E-state index in [9.17, 15) is 0 Å². The monoisotopic (exact) mass is 495 g/mol. The number of hydrogen-bond donors (Lipinski definition) is 1. The van der Waals surface area contributed by atoms with Crippen LogP contribution in [0.1, 0.15) is 79.1 Å². The fourth-order valence-electron chi connectivity index (χ4n) is 4.12. The Kier molecular flexibility index (Phi) is 15.3. The largest absolute Gasteiger partial charge is 0.372 e. The highest BCUT2D eigenvalue weighted by Crippen LogP contribution is 2.41. The summed E-state index contributed by atoms with van der Waals surface area (Å²) < 4.78 is 36.7. The molecule has 9 heteroatoms. The summed E-state index contributed by atoms with van der Waals surface area (Å²) in [7, 11) is 7.72. The lowest BCUT2D eigenvalue weighted by Crippen LogP contribution is -2.77. The van der Waals surface area contributed by atoms with E-state index in [2.05, 4.69) is 13.8 Å². The van der Waals surface area contributed by atoms with Crippen molar-refractivity contribution < 1.29 is 28.4 Å². The number of nitrogens with two attached hydrogens (primary N) is 1. The van der Waals surface area contributed by atoms with Gasteiger partial charge in [0.1, 0.15) is 11.2 Å². The van der Waals surface area contributed by atoms with Crippen molar-refractivity contribution in [2.24, 2.45) is 5.73 Å². The molecule has 0 aromatic carbocycles. The van der Waals surface area contributed by atoms with Crippen molar-refractivity contribution in [2.45, 2.75) is 107 Å². The summed E-state index contributed by atoms with van der Waals surface area (Å²) >= 11 is 0. The first-order valence-electron chi connectivity index (χ1n) is 12.3. The molecule has 0 bridgehead atoms. The minimum atomic E-state index is -0.983. The topological polar surface area (TPSA) is 81.4 Å². The first kappa shape index (κ1) is 32.2. The van der Waals surface area contributed by atoms with E-state index in [0.29, 0.717) is 33.7 Å². The molecular weight excluding hydrogens is 442 g/mol. The summed E-state index contributed by atoms with van der Waals surface area (Å²) in [6.07, 6.45) is 8.95. The van der Waals surface area contributed by atoms with Crippen LogP contribution in [-0.2, 0) is 28.4 Å². The molecule has 0 fully saturated rings. The van der Waals surface area contributed by atoms with Crippen molar-refractivity contribution in [1.29, 1.82) is 0 Å². The van der Waals surface area contributed by atoms with Gasteiger partial charge in [-0.25, -0.2) is 0 Å². The highest BCUT2D eigenvalue weighted by molar-refractivity contribution is 6.15. The van der Waals surface area contributed by atoms with E-state index in [1.54, 1.807) is 28.4 Å². The van der Waals surface area contributed by atoms with Crippen molar-refractivity contribution in [3.8, 4) is 0 Å². The lowest BCUT2D eigenvalue weighted by Gasteiger charge is -2.56. The zero-order valence-corrected chi connectivity index (χ0v) is 26.7. The third-order valence-corrected chi connectivity index (χ3v) is 10.7. The molecule has 0 radical (unpaired) electrons. The third kappa shape index (κ3) is 7.58. The van der Waals surface area contributed by atoms with Crippen molar-refractivity contribution in [3.63, 3.8) is 0 Å². The van der Waals surface area contributed by atoms with Gasteiger partial charge in [0.25, 0.3) is 0 Å².